The summed E-state index contributed by atoms with van der Waals surface area (Å²) in [6.07, 6.45) is 7.03. The van der Waals surface area contributed by atoms with Crippen LogP contribution in [0.3, 0.4) is 0 Å². The van der Waals surface area contributed by atoms with E-state index >= 15 is 0 Å². The van der Waals surface area contributed by atoms with E-state index in [0.717, 1.165) is 62.1 Å². The molecule has 0 atom stereocenters. The first-order valence-electron chi connectivity index (χ1n) is 11.0. The Bertz CT molecular complexity index is 1030. The molecule has 7 nitrogen and oxygen atoms in total. The Kier molecular flexibility index (Phi) is 4.96. The van der Waals surface area contributed by atoms with Crippen molar-refractivity contribution < 1.29 is 19.1 Å². The number of nitrogens with zero attached hydrogens (tertiary/aromatic N) is 1. The van der Waals surface area contributed by atoms with Crippen molar-refractivity contribution >= 4 is 23.2 Å². The van der Waals surface area contributed by atoms with E-state index in [0.29, 0.717) is 17.0 Å². The van der Waals surface area contributed by atoms with Gasteiger partial charge in [-0.05, 0) is 61.6 Å². The first kappa shape index (κ1) is 19.7. The number of anilines is 2. The zero-order valence-corrected chi connectivity index (χ0v) is 17.5. The number of primary amides is 1. The lowest BCUT2D eigenvalue weighted by Gasteiger charge is -2.31. The summed E-state index contributed by atoms with van der Waals surface area (Å²) in [6.45, 7) is 1.03. The van der Waals surface area contributed by atoms with E-state index in [1.54, 1.807) is 6.07 Å². The van der Waals surface area contributed by atoms with Gasteiger partial charge in [0, 0.05) is 42.4 Å². The summed E-state index contributed by atoms with van der Waals surface area (Å²) in [5.74, 6) is 0.385. The van der Waals surface area contributed by atoms with E-state index < -0.39 is 11.7 Å². The number of hydrogen-bond acceptors (Lipinski definition) is 5. The zero-order valence-electron chi connectivity index (χ0n) is 17.5. The van der Waals surface area contributed by atoms with Gasteiger partial charge in [0.05, 0.1) is 6.54 Å². The quantitative estimate of drug-likeness (QED) is 0.787. The second kappa shape index (κ2) is 7.80. The molecule has 7 heteroatoms. The molecule has 5 rings (SSSR count). The van der Waals surface area contributed by atoms with Crippen molar-refractivity contribution in [3.63, 3.8) is 0 Å². The second-order valence-corrected chi connectivity index (χ2v) is 8.62. The smallest absolute Gasteiger partial charge is 0.251 e. The summed E-state index contributed by atoms with van der Waals surface area (Å²) in [6, 6.07) is 11.0. The minimum Gasteiger partial charge on any atom is -0.448 e. The molecule has 1 fully saturated rings. The molecule has 0 saturated heterocycles. The van der Waals surface area contributed by atoms with Gasteiger partial charge >= 0.3 is 0 Å². The maximum atomic E-state index is 12.8. The Morgan fingerprint density at radius 1 is 1.00 bits per heavy atom. The standard InChI is InChI=1S/C24H27N3O4/c25-23(29)17-6-8-19-16(13-17)5-4-12-27(19)15-22(28)26-18-7-9-20-21(14-18)31-24(30-20)10-2-1-3-11-24/h6-9,13-14H,1-5,10-12,15H2,(H2,25,29)(H,26,28). The molecule has 0 aromatic heterocycles. The van der Waals surface area contributed by atoms with Gasteiger partial charge in [-0.1, -0.05) is 6.42 Å². The maximum Gasteiger partial charge on any atom is 0.251 e. The average molecular weight is 421 g/mol. The van der Waals surface area contributed by atoms with E-state index in [2.05, 4.69) is 5.32 Å². The van der Waals surface area contributed by atoms with E-state index in [1.807, 2.05) is 35.2 Å². The Hall–Kier alpha value is -3.22. The summed E-state index contributed by atoms with van der Waals surface area (Å²) < 4.78 is 12.3. The third-order valence-corrected chi connectivity index (χ3v) is 6.35. The molecule has 2 heterocycles. The zero-order chi connectivity index (χ0) is 21.4. The lowest BCUT2D eigenvalue weighted by Crippen LogP contribution is -2.40. The van der Waals surface area contributed by atoms with Crippen molar-refractivity contribution in [1.29, 1.82) is 0 Å². The largest absolute Gasteiger partial charge is 0.448 e. The molecule has 1 aliphatic carbocycles. The first-order valence-corrected chi connectivity index (χ1v) is 11.0. The molecule has 0 bridgehead atoms. The Labute approximate surface area is 181 Å². The van der Waals surface area contributed by atoms with Crippen LogP contribution in [-0.2, 0) is 11.2 Å². The topological polar surface area (TPSA) is 93.9 Å². The molecule has 2 aromatic rings. The number of nitrogens with two attached hydrogens (primary N) is 1. The normalized spacial score (nSPS) is 18.5. The predicted octanol–water partition coefficient (Wildman–Crippen LogP) is 3.61. The molecule has 0 unspecified atom stereocenters. The van der Waals surface area contributed by atoms with Gasteiger partial charge in [0.15, 0.2) is 11.5 Å². The molecule has 3 N–H and O–H groups in total. The van der Waals surface area contributed by atoms with Crippen LogP contribution in [-0.4, -0.2) is 30.7 Å². The molecule has 0 radical (unpaired) electrons. The molecular weight excluding hydrogens is 394 g/mol. The fourth-order valence-electron chi connectivity index (χ4n) is 4.83. The monoisotopic (exact) mass is 421 g/mol. The molecule has 2 amide bonds. The third kappa shape index (κ3) is 3.92. The van der Waals surface area contributed by atoms with E-state index in [9.17, 15) is 9.59 Å². The number of aryl methyl sites for hydroxylation is 1. The minimum absolute atomic E-state index is 0.0990. The van der Waals surface area contributed by atoms with Gasteiger partial charge in [-0.25, -0.2) is 0 Å². The van der Waals surface area contributed by atoms with Crippen molar-refractivity contribution in [2.75, 3.05) is 23.3 Å². The number of fused-ring (bicyclic) bond motifs is 2. The summed E-state index contributed by atoms with van der Waals surface area (Å²) in [5, 5.41) is 2.98. The Morgan fingerprint density at radius 3 is 2.61 bits per heavy atom. The second-order valence-electron chi connectivity index (χ2n) is 8.62. The van der Waals surface area contributed by atoms with Gasteiger partial charge in [-0.3, -0.25) is 9.59 Å². The van der Waals surface area contributed by atoms with Crippen LogP contribution in [0.4, 0.5) is 11.4 Å². The van der Waals surface area contributed by atoms with Crippen molar-refractivity contribution in [2.24, 2.45) is 5.73 Å². The first-order chi connectivity index (χ1) is 15.0. The number of carbonyl (C=O) groups is 2. The fourth-order valence-corrected chi connectivity index (χ4v) is 4.83. The highest BCUT2D eigenvalue weighted by atomic mass is 16.7. The van der Waals surface area contributed by atoms with Crippen molar-refractivity contribution in [1.82, 2.24) is 0 Å². The van der Waals surface area contributed by atoms with E-state index in [4.69, 9.17) is 15.2 Å². The van der Waals surface area contributed by atoms with Crippen LogP contribution in [0.25, 0.3) is 0 Å². The highest BCUT2D eigenvalue weighted by Crippen LogP contribution is 2.46. The lowest BCUT2D eigenvalue weighted by molar-refractivity contribution is -0.115. The summed E-state index contributed by atoms with van der Waals surface area (Å²) in [7, 11) is 0. The van der Waals surface area contributed by atoms with Crippen LogP contribution in [0.5, 0.6) is 11.5 Å². The molecule has 2 aromatic carbocycles. The van der Waals surface area contributed by atoms with Crippen LogP contribution in [0, 0.1) is 0 Å². The van der Waals surface area contributed by atoms with Gasteiger partial charge < -0.3 is 25.4 Å². The molecule has 31 heavy (non-hydrogen) atoms. The minimum atomic E-state index is -0.523. The van der Waals surface area contributed by atoms with Crippen molar-refractivity contribution in [3.05, 3.63) is 47.5 Å². The summed E-state index contributed by atoms with van der Waals surface area (Å²) in [4.78, 5) is 26.3. The number of amides is 2. The van der Waals surface area contributed by atoms with Gasteiger partial charge in [0.25, 0.3) is 5.79 Å². The van der Waals surface area contributed by atoms with E-state index in [1.165, 1.54) is 6.42 Å². The maximum absolute atomic E-state index is 12.8. The highest BCUT2D eigenvalue weighted by molar-refractivity contribution is 5.95. The van der Waals surface area contributed by atoms with Crippen LogP contribution in [0.2, 0.25) is 0 Å². The molecule has 1 saturated carbocycles. The van der Waals surface area contributed by atoms with Crippen LogP contribution in [0.15, 0.2) is 36.4 Å². The number of carbonyl (C=O) groups excluding carboxylic acids is 2. The van der Waals surface area contributed by atoms with Gasteiger partial charge in [0.2, 0.25) is 11.8 Å². The van der Waals surface area contributed by atoms with Crippen molar-refractivity contribution in [2.45, 2.75) is 50.7 Å². The SMILES string of the molecule is NC(=O)c1ccc2c(c1)CCCN2CC(=O)Nc1ccc2c(c1)OC1(CCCCC1)O2. The van der Waals surface area contributed by atoms with Crippen LogP contribution in [0.1, 0.15) is 54.4 Å². The number of benzene rings is 2. The Balaban J connectivity index is 1.25. The summed E-state index contributed by atoms with van der Waals surface area (Å²) >= 11 is 0. The third-order valence-electron chi connectivity index (χ3n) is 6.35. The van der Waals surface area contributed by atoms with Crippen LogP contribution >= 0.6 is 0 Å². The molecule has 162 valence electrons. The average Bonchev–Trinajstić information content (AvgIpc) is 3.10. The van der Waals surface area contributed by atoms with Gasteiger partial charge in [-0.2, -0.15) is 0 Å². The molecule has 2 aliphatic heterocycles. The van der Waals surface area contributed by atoms with Crippen molar-refractivity contribution in [3.8, 4) is 11.5 Å². The fraction of sp³-hybridized carbons (Fsp3) is 0.417. The Morgan fingerprint density at radius 2 is 1.81 bits per heavy atom. The number of rotatable bonds is 4. The number of hydrogen-bond donors (Lipinski definition) is 2. The van der Waals surface area contributed by atoms with Gasteiger partial charge in [-0.15, -0.1) is 0 Å². The molecule has 1 spiro atoms. The number of nitrogens with one attached hydrogen (secondary N) is 1. The predicted molar refractivity (Wildman–Crippen MR) is 118 cm³/mol. The highest BCUT2D eigenvalue weighted by Gasteiger charge is 2.42. The van der Waals surface area contributed by atoms with Crippen LogP contribution < -0.4 is 25.4 Å². The number of ether oxygens (including phenoxy) is 2. The summed E-state index contributed by atoms with van der Waals surface area (Å²) in [5.41, 5.74) is 8.63. The van der Waals surface area contributed by atoms with E-state index in [-0.39, 0.29) is 12.5 Å². The lowest BCUT2D eigenvalue weighted by atomic mass is 9.94. The molecule has 3 aliphatic rings. The molecular formula is C24H27N3O4. The van der Waals surface area contributed by atoms with Gasteiger partial charge in [0.1, 0.15) is 0 Å².